The molecule has 3 unspecified atom stereocenters. The predicted molar refractivity (Wildman–Crippen MR) is 80.3 cm³/mol. The van der Waals surface area contributed by atoms with Crippen LogP contribution in [0.2, 0.25) is 5.02 Å². The molecular weight excluding hydrogens is 258 g/mol. The fourth-order valence-electron chi connectivity index (χ4n) is 4.37. The van der Waals surface area contributed by atoms with Crippen LogP contribution < -0.4 is 11.1 Å². The van der Waals surface area contributed by atoms with Crippen LogP contribution in [0.25, 0.3) is 0 Å². The Bertz CT molecular complexity index is 509. The number of aromatic nitrogens is 1. The summed E-state index contributed by atoms with van der Waals surface area (Å²) in [5.41, 5.74) is 7.31. The number of nitrogens with one attached hydrogen (secondary N) is 1. The van der Waals surface area contributed by atoms with Crippen molar-refractivity contribution in [3.63, 3.8) is 0 Å². The molecule has 3 N–H and O–H groups in total. The first kappa shape index (κ1) is 13.0. The summed E-state index contributed by atoms with van der Waals surface area (Å²) >= 11 is 5.91. The van der Waals surface area contributed by atoms with Gasteiger partial charge in [-0.15, -0.1) is 0 Å². The Morgan fingerprint density at radius 1 is 1.42 bits per heavy atom. The summed E-state index contributed by atoms with van der Waals surface area (Å²) in [6.45, 7) is 7.13. The third-order valence-corrected chi connectivity index (χ3v) is 5.64. The van der Waals surface area contributed by atoms with Crippen molar-refractivity contribution < 1.29 is 0 Å². The highest BCUT2D eigenvalue weighted by molar-refractivity contribution is 6.30. The number of nitrogens with zero attached hydrogens (tertiary/aromatic N) is 1. The van der Waals surface area contributed by atoms with Gasteiger partial charge in [-0.05, 0) is 42.1 Å². The number of hydrogen-bond acceptors (Lipinski definition) is 3. The lowest BCUT2D eigenvalue weighted by molar-refractivity contribution is 0.155. The fourth-order valence-corrected chi connectivity index (χ4v) is 4.54. The molecule has 0 spiro atoms. The molecule has 2 fully saturated rings. The Labute approximate surface area is 119 Å². The number of nitrogens with two attached hydrogens (primary N) is 1. The van der Waals surface area contributed by atoms with Gasteiger partial charge < -0.3 is 11.1 Å². The van der Waals surface area contributed by atoms with Crippen molar-refractivity contribution in [1.29, 1.82) is 0 Å². The number of hydrogen-bond donors (Lipinski definition) is 2. The highest BCUT2D eigenvalue weighted by Crippen LogP contribution is 2.63. The van der Waals surface area contributed by atoms with Crippen molar-refractivity contribution in [3.8, 4) is 0 Å². The highest BCUT2D eigenvalue weighted by Gasteiger charge is 2.59. The van der Waals surface area contributed by atoms with Gasteiger partial charge in [-0.25, -0.2) is 4.98 Å². The molecule has 19 heavy (non-hydrogen) atoms. The number of pyridine rings is 1. The number of rotatable bonds is 2. The molecule has 1 aromatic heterocycles. The number of nitrogen functional groups attached to an aromatic ring is 1. The Hall–Kier alpha value is -0.960. The molecule has 2 aliphatic rings. The highest BCUT2D eigenvalue weighted by atomic mass is 35.5. The van der Waals surface area contributed by atoms with E-state index in [1.165, 1.54) is 19.3 Å². The number of halogens is 1. The van der Waals surface area contributed by atoms with Gasteiger partial charge in [-0.3, -0.25) is 0 Å². The van der Waals surface area contributed by atoms with Gasteiger partial charge in [0, 0.05) is 12.2 Å². The molecule has 104 valence electrons. The van der Waals surface area contributed by atoms with E-state index in [1.807, 2.05) is 0 Å². The van der Waals surface area contributed by atoms with Crippen molar-refractivity contribution in [2.45, 2.75) is 46.1 Å². The standard InChI is InChI=1S/C15H22ClN3/c1-14(2)9-4-5-15(3,7-9)13(14)19-12-11(17)6-10(16)8-18-12/h6,8-9,13H,4-5,7,17H2,1-3H3,(H,18,19). The summed E-state index contributed by atoms with van der Waals surface area (Å²) in [5.74, 6) is 1.58. The zero-order valence-corrected chi connectivity index (χ0v) is 12.6. The van der Waals surface area contributed by atoms with Crippen molar-refractivity contribution in [2.24, 2.45) is 16.7 Å². The van der Waals surface area contributed by atoms with E-state index in [1.54, 1.807) is 12.3 Å². The molecule has 0 aromatic carbocycles. The first-order valence-electron chi connectivity index (χ1n) is 7.00. The van der Waals surface area contributed by atoms with E-state index in [0.29, 0.717) is 27.6 Å². The molecule has 3 nitrogen and oxygen atoms in total. The van der Waals surface area contributed by atoms with Gasteiger partial charge in [0.15, 0.2) is 0 Å². The summed E-state index contributed by atoms with van der Waals surface area (Å²) < 4.78 is 0. The van der Waals surface area contributed by atoms with E-state index < -0.39 is 0 Å². The molecule has 2 bridgehead atoms. The molecule has 3 atom stereocenters. The van der Waals surface area contributed by atoms with Crippen LogP contribution >= 0.6 is 11.6 Å². The molecular formula is C15H22ClN3. The lowest BCUT2D eigenvalue weighted by atomic mass is 9.68. The molecule has 3 rings (SSSR count). The summed E-state index contributed by atoms with van der Waals surface area (Å²) in [6, 6.07) is 2.19. The molecule has 0 saturated heterocycles. The van der Waals surface area contributed by atoms with Crippen LogP contribution in [0, 0.1) is 16.7 Å². The lowest BCUT2D eigenvalue weighted by Crippen LogP contribution is -2.46. The lowest BCUT2D eigenvalue weighted by Gasteiger charge is -2.43. The Morgan fingerprint density at radius 2 is 2.16 bits per heavy atom. The van der Waals surface area contributed by atoms with E-state index in [9.17, 15) is 0 Å². The van der Waals surface area contributed by atoms with E-state index in [0.717, 1.165) is 11.7 Å². The van der Waals surface area contributed by atoms with Crippen molar-refractivity contribution >= 4 is 23.1 Å². The second-order valence-electron chi connectivity index (χ2n) is 7.08. The maximum atomic E-state index is 6.02. The first-order chi connectivity index (χ1) is 8.83. The van der Waals surface area contributed by atoms with Gasteiger partial charge >= 0.3 is 0 Å². The van der Waals surface area contributed by atoms with Crippen LogP contribution in [0.5, 0.6) is 0 Å². The zero-order chi connectivity index (χ0) is 13.8. The average molecular weight is 280 g/mol. The van der Waals surface area contributed by atoms with Crippen molar-refractivity contribution in [2.75, 3.05) is 11.1 Å². The zero-order valence-electron chi connectivity index (χ0n) is 11.8. The van der Waals surface area contributed by atoms with Crippen LogP contribution in [-0.4, -0.2) is 11.0 Å². The Morgan fingerprint density at radius 3 is 2.74 bits per heavy atom. The second-order valence-corrected chi connectivity index (χ2v) is 7.52. The molecule has 2 aliphatic carbocycles. The third kappa shape index (κ3) is 1.90. The minimum absolute atomic E-state index is 0.292. The molecule has 0 radical (unpaired) electrons. The van der Waals surface area contributed by atoms with E-state index in [4.69, 9.17) is 17.3 Å². The largest absolute Gasteiger partial charge is 0.396 e. The normalized spacial score (nSPS) is 35.6. The fraction of sp³-hybridized carbons (Fsp3) is 0.667. The van der Waals surface area contributed by atoms with Gasteiger partial charge in [0.2, 0.25) is 0 Å². The topological polar surface area (TPSA) is 50.9 Å². The van der Waals surface area contributed by atoms with Gasteiger partial charge in [0.25, 0.3) is 0 Å². The van der Waals surface area contributed by atoms with Gasteiger partial charge in [0.05, 0.1) is 10.7 Å². The van der Waals surface area contributed by atoms with Crippen molar-refractivity contribution in [3.05, 3.63) is 17.3 Å². The molecule has 1 aromatic rings. The summed E-state index contributed by atoms with van der Waals surface area (Å²) in [4.78, 5) is 4.35. The van der Waals surface area contributed by atoms with Crippen LogP contribution in [-0.2, 0) is 0 Å². The Balaban J connectivity index is 1.90. The molecule has 0 amide bonds. The first-order valence-corrected chi connectivity index (χ1v) is 7.38. The number of fused-ring (bicyclic) bond motifs is 2. The Kier molecular flexibility index (Phi) is 2.76. The monoisotopic (exact) mass is 279 g/mol. The third-order valence-electron chi connectivity index (χ3n) is 5.43. The smallest absolute Gasteiger partial charge is 0.149 e. The van der Waals surface area contributed by atoms with E-state index >= 15 is 0 Å². The molecule has 0 aliphatic heterocycles. The summed E-state index contributed by atoms with van der Waals surface area (Å²) in [5, 5.41) is 4.19. The van der Waals surface area contributed by atoms with Crippen molar-refractivity contribution in [1.82, 2.24) is 4.98 Å². The predicted octanol–water partition coefficient (Wildman–Crippen LogP) is 3.94. The maximum Gasteiger partial charge on any atom is 0.149 e. The van der Waals surface area contributed by atoms with Gasteiger partial charge in [-0.2, -0.15) is 0 Å². The van der Waals surface area contributed by atoms with E-state index in [2.05, 4.69) is 31.1 Å². The van der Waals surface area contributed by atoms with Crippen LogP contribution in [0.3, 0.4) is 0 Å². The van der Waals surface area contributed by atoms with Crippen LogP contribution in [0.15, 0.2) is 12.3 Å². The molecule has 1 heterocycles. The minimum atomic E-state index is 0.292. The minimum Gasteiger partial charge on any atom is -0.396 e. The SMILES string of the molecule is CC12CCC(C1)C(C)(C)C2Nc1ncc(Cl)cc1N. The average Bonchev–Trinajstić information content (AvgIpc) is 2.78. The van der Waals surface area contributed by atoms with Crippen LogP contribution in [0.1, 0.15) is 40.0 Å². The van der Waals surface area contributed by atoms with Gasteiger partial charge in [-0.1, -0.05) is 32.4 Å². The number of anilines is 2. The molecule has 2 saturated carbocycles. The van der Waals surface area contributed by atoms with Gasteiger partial charge in [0.1, 0.15) is 5.82 Å². The van der Waals surface area contributed by atoms with E-state index in [-0.39, 0.29) is 0 Å². The second kappa shape index (κ2) is 4.02. The maximum absolute atomic E-state index is 6.02. The summed E-state index contributed by atoms with van der Waals surface area (Å²) in [7, 11) is 0. The summed E-state index contributed by atoms with van der Waals surface area (Å²) in [6.07, 6.45) is 5.62. The molecule has 4 heteroatoms. The quantitative estimate of drug-likeness (QED) is 0.862. The van der Waals surface area contributed by atoms with Crippen LogP contribution in [0.4, 0.5) is 11.5 Å².